The molecule has 1 aromatic rings. The summed E-state index contributed by atoms with van der Waals surface area (Å²) in [4.78, 5) is 46.9. The number of imide groups is 1. The number of fused-ring (bicyclic) bond motifs is 1. The average Bonchev–Trinajstić information content (AvgIpc) is 2.80. The number of nitrogens with one attached hydrogen (secondary N) is 2. The smallest absolute Gasteiger partial charge is 0.249 e. The lowest BCUT2D eigenvalue weighted by Gasteiger charge is -2.23. The van der Waals surface area contributed by atoms with Crippen molar-refractivity contribution in [2.75, 3.05) is 0 Å². The second-order valence-corrected chi connectivity index (χ2v) is 5.28. The maximum atomic E-state index is 12.3. The van der Waals surface area contributed by atoms with E-state index in [0.29, 0.717) is 17.5 Å². The van der Waals surface area contributed by atoms with Crippen molar-refractivity contribution in [3.8, 4) is 0 Å². The van der Waals surface area contributed by atoms with Crippen LogP contribution in [0.5, 0.6) is 0 Å². The van der Waals surface area contributed by atoms with Crippen molar-refractivity contribution >= 4 is 23.5 Å². The van der Waals surface area contributed by atoms with Gasteiger partial charge in [-0.3, -0.25) is 24.5 Å². The molecule has 0 bridgehead atoms. The molecule has 21 heavy (non-hydrogen) atoms. The highest BCUT2D eigenvalue weighted by Crippen LogP contribution is 2.33. The Labute approximate surface area is 120 Å². The third-order valence-corrected chi connectivity index (χ3v) is 3.90. The van der Waals surface area contributed by atoms with Crippen molar-refractivity contribution in [3.63, 3.8) is 0 Å². The number of hydrogen-bond acceptors (Lipinski definition) is 4. The fourth-order valence-electron chi connectivity index (χ4n) is 2.80. The maximum absolute atomic E-state index is 12.3. The molecule has 6 nitrogen and oxygen atoms in total. The number of benzene rings is 1. The Morgan fingerprint density at radius 1 is 1.19 bits per heavy atom. The normalized spacial score (nSPS) is 24.5. The monoisotopic (exact) mass is 286 g/mol. The van der Waals surface area contributed by atoms with Crippen LogP contribution in [0, 0.1) is 0 Å². The van der Waals surface area contributed by atoms with Gasteiger partial charge >= 0.3 is 0 Å². The SMILES string of the molecule is O=C1CCC(NC(=O)C2CC(=O)c3ccccc32)C(=O)N1. The highest BCUT2D eigenvalue weighted by atomic mass is 16.2. The molecule has 2 unspecified atom stereocenters. The summed E-state index contributed by atoms with van der Waals surface area (Å²) in [7, 11) is 0. The Morgan fingerprint density at radius 2 is 1.95 bits per heavy atom. The standard InChI is InChI=1S/C15H14N2O4/c18-12-7-10(8-3-1-2-4-9(8)12)14(20)16-11-5-6-13(19)17-15(11)21/h1-4,10-11H,5-7H2,(H,16,20)(H,17,19,21). The zero-order valence-electron chi connectivity index (χ0n) is 11.2. The van der Waals surface area contributed by atoms with Gasteiger partial charge in [-0.15, -0.1) is 0 Å². The predicted molar refractivity (Wildman–Crippen MR) is 72.4 cm³/mol. The molecule has 1 aliphatic carbocycles. The van der Waals surface area contributed by atoms with Crippen molar-refractivity contribution in [3.05, 3.63) is 35.4 Å². The third kappa shape index (κ3) is 2.44. The molecule has 2 aliphatic rings. The molecule has 1 aliphatic heterocycles. The summed E-state index contributed by atoms with van der Waals surface area (Å²) in [6.45, 7) is 0. The molecule has 1 aromatic carbocycles. The summed E-state index contributed by atoms with van der Waals surface area (Å²) in [6.07, 6.45) is 0.619. The number of carbonyl (C=O) groups excluding carboxylic acids is 4. The van der Waals surface area contributed by atoms with Crippen molar-refractivity contribution in [2.24, 2.45) is 0 Å². The molecule has 0 spiro atoms. The molecule has 108 valence electrons. The molecule has 1 saturated heterocycles. The first-order valence-corrected chi connectivity index (χ1v) is 6.82. The molecule has 1 heterocycles. The first kappa shape index (κ1) is 13.5. The minimum Gasteiger partial charge on any atom is -0.344 e. The van der Waals surface area contributed by atoms with Crippen LogP contribution in [0.4, 0.5) is 0 Å². The van der Waals surface area contributed by atoms with Gasteiger partial charge in [-0.05, 0) is 12.0 Å². The van der Waals surface area contributed by atoms with Gasteiger partial charge in [0.05, 0.1) is 5.92 Å². The molecular weight excluding hydrogens is 272 g/mol. The van der Waals surface area contributed by atoms with Crippen LogP contribution in [-0.2, 0) is 14.4 Å². The van der Waals surface area contributed by atoms with Gasteiger partial charge < -0.3 is 5.32 Å². The minimum atomic E-state index is -0.710. The number of amides is 3. The number of ketones is 1. The molecule has 3 rings (SSSR count). The Morgan fingerprint density at radius 3 is 2.71 bits per heavy atom. The fraction of sp³-hybridized carbons (Fsp3) is 0.333. The van der Waals surface area contributed by atoms with Crippen molar-refractivity contribution in [2.45, 2.75) is 31.2 Å². The van der Waals surface area contributed by atoms with Crippen LogP contribution in [0.15, 0.2) is 24.3 Å². The van der Waals surface area contributed by atoms with Gasteiger partial charge in [0, 0.05) is 18.4 Å². The van der Waals surface area contributed by atoms with Gasteiger partial charge in [-0.1, -0.05) is 24.3 Å². The highest BCUT2D eigenvalue weighted by molar-refractivity contribution is 6.08. The second kappa shape index (κ2) is 5.12. The van der Waals surface area contributed by atoms with Crippen LogP contribution in [0.1, 0.15) is 41.1 Å². The van der Waals surface area contributed by atoms with Gasteiger partial charge in [0.15, 0.2) is 5.78 Å². The lowest BCUT2D eigenvalue weighted by Crippen LogP contribution is -2.53. The Bertz CT molecular complexity index is 653. The van der Waals surface area contributed by atoms with E-state index >= 15 is 0 Å². The molecule has 2 N–H and O–H groups in total. The van der Waals surface area contributed by atoms with E-state index in [-0.39, 0.29) is 30.4 Å². The first-order valence-electron chi connectivity index (χ1n) is 6.82. The molecule has 0 aromatic heterocycles. The van der Waals surface area contributed by atoms with E-state index in [4.69, 9.17) is 0 Å². The van der Waals surface area contributed by atoms with E-state index in [2.05, 4.69) is 10.6 Å². The number of piperidine rings is 1. The number of Topliss-reactive ketones (excluding diaryl/α,β-unsaturated/α-hetero) is 1. The zero-order chi connectivity index (χ0) is 15.0. The van der Waals surface area contributed by atoms with E-state index in [1.807, 2.05) is 0 Å². The topological polar surface area (TPSA) is 92.3 Å². The second-order valence-electron chi connectivity index (χ2n) is 5.28. The largest absolute Gasteiger partial charge is 0.344 e. The number of hydrogen-bond donors (Lipinski definition) is 2. The third-order valence-electron chi connectivity index (χ3n) is 3.90. The average molecular weight is 286 g/mol. The quantitative estimate of drug-likeness (QED) is 0.764. The van der Waals surface area contributed by atoms with E-state index in [1.54, 1.807) is 24.3 Å². The van der Waals surface area contributed by atoms with Gasteiger partial charge in [0.2, 0.25) is 17.7 Å². The van der Waals surface area contributed by atoms with Crippen molar-refractivity contribution in [1.29, 1.82) is 0 Å². The maximum Gasteiger partial charge on any atom is 0.249 e. The summed E-state index contributed by atoms with van der Waals surface area (Å²) >= 11 is 0. The zero-order valence-corrected chi connectivity index (χ0v) is 11.2. The molecule has 1 fully saturated rings. The molecule has 0 saturated carbocycles. The number of carbonyl (C=O) groups is 4. The summed E-state index contributed by atoms with van der Waals surface area (Å²) < 4.78 is 0. The summed E-state index contributed by atoms with van der Waals surface area (Å²) in [5.41, 5.74) is 1.27. The van der Waals surface area contributed by atoms with Crippen LogP contribution >= 0.6 is 0 Å². The highest BCUT2D eigenvalue weighted by Gasteiger charge is 2.36. The summed E-state index contributed by atoms with van der Waals surface area (Å²) in [5, 5.41) is 4.83. The molecule has 3 amide bonds. The Hall–Kier alpha value is -2.50. The lowest BCUT2D eigenvalue weighted by molar-refractivity contribution is -0.137. The summed E-state index contributed by atoms with van der Waals surface area (Å²) in [6, 6.07) is 6.30. The first-order chi connectivity index (χ1) is 10.1. The van der Waals surface area contributed by atoms with Gasteiger partial charge in [0.25, 0.3) is 0 Å². The number of rotatable bonds is 2. The molecule has 2 atom stereocenters. The van der Waals surface area contributed by atoms with Crippen LogP contribution in [0.3, 0.4) is 0 Å². The van der Waals surface area contributed by atoms with Gasteiger partial charge in [-0.25, -0.2) is 0 Å². The minimum absolute atomic E-state index is 0.0611. The van der Waals surface area contributed by atoms with Crippen LogP contribution in [0.2, 0.25) is 0 Å². The van der Waals surface area contributed by atoms with Crippen LogP contribution in [-0.4, -0.2) is 29.5 Å². The van der Waals surface area contributed by atoms with Crippen molar-refractivity contribution in [1.82, 2.24) is 10.6 Å². The van der Waals surface area contributed by atoms with E-state index in [0.717, 1.165) is 0 Å². The van der Waals surface area contributed by atoms with E-state index in [1.165, 1.54) is 0 Å². The Kier molecular flexibility index (Phi) is 3.29. The lowest BCUT2D eigenvalue weighted by atomic mass is 9.99. The molecular formula is C15H14N2O4. The fourth-order valence-corrected chi connectivity index (χ4v) is 2.80. The molecule has 0 radical (unpaired) electrons. The predicted octanol–water partition coefficient (Wildman–Crippen LogP) is 0.278. The Balaban J connectivity index is 1.74. The summed E-state index contributed by atoms with van der Waals surface area (Å²) in [5.74, 6) is -1.78. The van der Waals surface area contributed by atoms with Crippen LogP contribution in [0.25, 0.3) is 0 Å². The van der Waals surface area contributed by atoms with Gasteiger partial charge in [-0.2, -0.15) is 0 Å². The molecule has 6 heteroatoms. The van der Waals surface area contributed by atoms with E-state index < -0.39 is 17.9 Å². The van der Waals surface area contributed by atoms with Crippen molar-refractivity contribution < 1.29 is 19.2 Å². The van der Waals surface area contributed by atoms with Gasteiger partial charge in [0.1, 0.15) is 6.04 Å². The van der Waals surface area contributed by atoms with Crippen LogP contribution < -0.4 is 10.6 Å². The van der Waals surface area contributed by atoms with E-state index in [9.17, 15) is 19.2 Å².